The van der Waals surface area contributed by atoms with E-state index < -0.39 is 5.60 Å². The van der Waals surface area contributed by atoms with E-state index in [1.54, 1.807) is 0 Å². The third kappa shape index (κ3) is 6.78. The molecule has 106 valence electrons. The molecule has 1 rings (SSSR count). The molecule has 0 aromatic rings. The highest BCUT2D eigenvalue weighted by atomic mass is 127. The van der Waals surface area contributed by atoms with Crippen molar-refractivity contribution in [1.82, 2.24) is 5.32 Å². The zero-order valence-corrected chi connectivity index (χ0v) is 13.9. The Morgan fingerprint density at radius 2 is 1.94 bits per heavy atom. The van der Waals surface area contributed by atoms with E-state index in [9.17, 15) is 4.79 Å². The molecule has 0 heterocycles. The number of alkyl halides is 1. The molecule has 1 aliphatic rings. The maximum absolute atomic E-state index is 11.6. The van der Waals surface area contributed by atoms with Crippen LogP contribution in [-0.2, 0) is 9.47 Å². The molecule has 0 aliphatic heterocycles. The first-order valence-electron chi connectivity index (χ1n) is 6.41. The number of halogens is 1. The first-order valence-corrected chi connectivity index (χ1v) is 7.93. The van der Waals surface area contributed by atoms with E-state index in [1.807, 2.05) is 27.7 Å². The normalized spacial score (nSPS) is 19.2. The summed E-state index contributed by atoms with van der Waals surface area (Å²) in [4.78, 5) is 11.6. The molecule has 0 aromatic carbocycles. The Balaban J connectivity index is 2.30. The van der Waals surface area contributed by atoms with Crippen molar-refractivity contribution in [3.8, 4) is 0 Å². The van der Waals surface area contributed by atoms with Crippen LogP contribution in [-0.4, -0.2) is 34.9 Å². The van der Waals surface area contributed by atoms with Crippen LogP contribution in [0, 0.1) is 5.92 Å². The van der Waals surface area contributed by atoms with Crippen molar-refractivity contribution in [2.75, 3.05) is 17.6 Å². The molecule has 1 unspecified atom stereocenters. The highest BCUT2D eigenvalue weighted by molar-refractivity contribution is 14.1. The molecule has 18 heavy (non-hydrogen) atoms. The van der Waals surface area contributed by atoms with Gasteiger partial charge in [-0.15, -0.1) is 0 Å². The van der Waals surface area contributed by atoms with E-state index in [2.05, 4.69) is 27.9 Å². The Bertz CT molecular complexity index is 286. The van der Waals surface area contributed by atoms with Crippen LogP contribution in [0.1, 0.15) is 40.5 Å². The largest absolute Gasteiger partial charge is 0.444 e. The molecule has 4 nitrogen and oxygen atoms in total. The summed E-state index contributed by atoms with van der Waals surface area (Å²) in [5, 5.41) is 2.78. The third-order valence-electron chi connectivity index (χ3n) is 2.65. The van der Waals surface area contributed by atoms with E-state index in [4.69, 9.17) is 9.47 Å². The summed E-state index contributed by atoms with van der Waals surface area (Å²) in [6.07, 6.45) is 2.17. The SMILES string of the molecule is CC(C)(C)OC(=O)NCC(C)(CI)OCC1CC1. The Hall–Kier alpha value is -0.0400. The number of rotatable bonds is 6. The molecule has 0 radical (unpaired) electrons. The van der Waals surface area contributed by atoms with Crippen LogP contribution in [0.4, 0.5) is 4.79 Å². The Morgan fingerprint density at radius 3 is 2.39 bits per heavy atom. The van der Waals surface area contributed by atoms with Gasteiger partial charge in [0, 0.05) is 4.43 Å². The number of ether oxygens (including phenoxy) is 2. The Labute approximate surface area is 123 Å². The number of amides is 1. The molecule has 1 N–H and O–H groups in total. The summed E-state index contributed by atoms with van der Waals surface area (Å²) >= 11 is 2.29. The summed E-state index contributed by atoms with van der Waals surface area (Å²) in [6, 6.07) is 0. The Kier molecular flexibility index (Phi) is 5.70. The van der Waals surface area contributed by atoms with Crippen LogP contribution in [0.5, 0.6) is 0 Å². The zero-order valence-electron chi connectivity index (χ0n) is 11.7. The van der Waals surface area contributed by atoms with Crippen LogP contribution < -0.4 is 5.32 Å². The fourth-order valence-electron chi connectivity index (χ4n) is 1.31. The number of carbonyl (C=O) groups is 1. The summed E-state index contributed by atoms with van der Waals surface area (Å²) in [5.74, 6) is 0.730. The van der Waals surface area contributed by atoms with Gasteiger partial charge in [0.2, 0.25) is 0 Å². The molecular weight excluding hydrogens is 345 g/mol. The second-order valence-electron chi connectivity index (χ2n) is 6.19. The fourth-order valence-corrected chi connectivity index (χ4v) is 1.80. The third-order valence-corrected chi connectivity index (χ3v) is 4.27. The van der Waals surface area contributed by atoms with Gasteiger partial charge in [0.15, 0.2) is 0 Å². The van der Waals surface area contributed by atoms with Crippen molar-refractivity contribution in [3.05, 3.63) is 0 Å². The van der Waals surface area contributed by atoms with Crippen molar-refractivity contribution < 1.29 is 14.3 Å². The molecule has 1 amide bonds. The molecule has 0 bridgehead atoms. The number of hydrogen-bond acceptors (Lipinski definition) is 3. The minimum absolute atomic E-state index is 0.306. The van der Waals surface area contributed by atoms with Crippen molar-refractivity contribution in [3.63, 3.8) is 0 Å². The second kappa shape index (κ2) is 6.41. The highest BCUT2D eigenvalue weighted by Crippen LogP contribution is 2.30. The van der Waals surface area contributed by atoms with E-state index in [0.717, 1.165) is 17.0 Å². The molecule has 5 heteroatoms. The highest BCUT2D eigenvalue weighted by Gasteiger charge is 2.30. The number of carbonyl (C=O) groups excluding carboxylic acids is 1. The lowest BCUT2D eigenvalue weighted by Gasteiger charge is -2.29. The van der Waals surface area contributed by atoms with E-state index in [-0.39, 0.29) is 11.7 Å². The van der Waals surface area contributed by atoms with Crippen LogP contribution in [0.15, 0.2) is 0 Å². The van der Waals surface area contributed by atoms with Crippen molar-refractivity contribution in [2.45, 2.75) is 51.7 Å². The van der Waals surface area contributed by atoms with Gasteiger partial charge in [-0.05, 0) is 46.5 Å². The quantitative estimate of drug-likeness (QED) is 0.578. The predicted octanol–water partition coefficient (Wildman–Crippen LogP) is 3.13. The maximum Gasteiger partial charge on any atom is 0.407 e. The smallest absolute Gasteiger partial charge is 0.407 e. The first kappa shape index (κ1) is 16.0. The van der Waals surface area contributed by atoms with E-state index in [1.165, 1.54) is 12.8 Å². The minimum atomic E-state index is -0.459. The molecule has 0 spiro atoms. The van der Waals surface area contributed by atoms with Crippen molar-refractivity contribution >= 4 is 28.7 Å². The minimum Gasteiger partial charge on any atom is -0.444 e. The average molecular weight is 369 g/mol. The molecular formula is C13H24INO3. The van der Waals surface area contributed by atoms with Gasteiger partial charge < -0.3 is 14.8 Å². The lowest BCUT2D eigenvalue weighted by Crippen LogP contribution is -2.45. The fraction of sp³-hybridized carbons (Fsp3) is 0.923. The second-order valence-corrected chi connectivity index (χ2v) is 6.96. The van der Waals surface area contributed by atoms with Gasteiger partial charge in [-0.3, -0.25) is 0 Å². The van der Waals surface area contributed by atoms with Gasteiger partial charge in [0.05, 0.1) is 18.8 Å². The lowest BCUT2D eigenvalue weighted by atomic mass is 10.1. The molecule has 1 fully saturated rings. The van der Waals surface area contributed by atoms with Gasteiger partial charge in [-0.2, -0.15) is 0 Å². The predicted molar refractivity (Wildman–Crippen MR) is 80.2 cm³/mol. The number of nitrogens with one attached hydrogen (secondary N) is 1. The van der Waals surface area contributed by atoms with Crippen LogP contribution in [0.2, 0.25) is 0 Å². The molecule has 1 saturated carbocycles. The van der Waals surface area contributed by atoms with E-state index in [0.29, 0.717) is 6.54 Å². The maximum atomic E-state index is 11.6. The average Bonchev–Trinajstić information content (AvgIpc) is 3.05. The van der Waals surface area contributed by atoms with Gasteiger partial charge in [-0.1, -0.05) is 22.6 Å². The first-order chi connectivity index (χ1) is 8.24. The number of hydrogen-bond donors (Lipinski definition) is 1. The molecule has 0 saturated heterocycles. The molecule has 1 aliphatic carbocycles. The summed E-state index contributed by atoms with van der Waals surface area (Å²) in [7, 11) is 0. The van der Waals surface area contributed by atoms with Gasteiger partial charge in [0.25, 0.3) is 0 Å². The van der Waals surface area contributed by atoms with Crippen molar-refractivity contribution in [1.29, 1.82) is 0 Å². The van der Waals surface area contributed by atoms with Crippen LogP contribution >= 0.6 is 22.6 Å². The van der Waals surface area contributed by atoms with Gasteiger partial charge in [-0.25, -0.2) is 4.79 Å². The zero-order chi connectivity index (χ0) is 13.8. The lowest BCUT2D eigenvalue weighted by molar-refractivity contribution is -0.0190. The summed E-state index contributed by atoms with van der Waals surface area (Å²) < 4.78 is 12.0. The van der Waals surface area contributed by atoms with Gasteiger partial charge >= 0.3 is 6.09 Å². The molecule has 0 aromatic heterocycles. The van der Waals surface area contributed by atoms with Crippen LogP contribution in [0.3, 0.4) is 0 Å². The summed E-state index contributed by atoms with van der Waals surface area (Å²) in [5.41, 5.74) is -0.764. The van der Waals surface area contributed by atoms with Gasteiger partial charge in [0.1, 0.15) is 5.60 Å². The monoisotopic (exact) mass is 369 g/mol. The summed E-state index contributed by atoms with van der Waals surface area (Å²) in [6.45, 7) is 8.88. The van der Waals surface area contributed by atoms with E-state index >= 15 is 0 Å². The molecule has 1 atom stereocenters. The van der Waals surface area contributed by atoms with Crippen molar-refractivity contribution in [2.24, 2.45) is 5.92 Å². The van der Waals surface area contributed by atoms with Crippen LogP contribution in [0.25, 0.3) is 0 Å². The topological polar surface area (TPSA) is 47.6 Å². The standard InChI is InChI=1S/C13H24INO3/c1-12(2,3)18-11(16)15-9-13(4,8-14)17-7-10-5-6-10/h10H,5-9H2,1-4H3,(H,15,16). The number of alkyl carbamates (subject to hydrolysis) is 1. The Morgan fingerprint density at radius 1 is 1.33 bits per heavy atom.